The summed E-state index contributed by atoms with van der Waals surface area (Å²) in [5.74, 6) is -0.303. The summed E-state index contributed by atoms with van der Waals surface area (Å²) >= 11 is 3.53. The van der Waals surface area contributed by atoms with Gasteiger partial charge in [0.25, 0.3) is 0 Å². The average molecular weight is 326 g/mol. The van der Waals surface area contributed by atoms with Crippen molar-refractivity contribution in [3.63, 3.8) is 0 Å². The van der Waals surface area contributed by atoms with Gasteiger partial charge in [-0.3, -0.25) is 4.68 Å². The fraction of sp³-hybridized carbons (Fsp3) is 0.385. The minimum atomic E-state index is -0.303. The second-order valence-electron chi connectivity index (χ2n) is 4.21. The molecular formula is C13H16BrN3O2. The first-order valence-electron chi connectivity index (χ1n) is 6.04. The van der Waals surface area contributed by atoms with Crippen LogP contribution in [0.3, 0.4) is 0 Å². The third-order valence-corrected chi connectivity index (χ3v) is 3.93. The number of esters is 1. The molecule has 0 saturated carbocycles. The highest BCUT2D eigenvalue weighted by Crippen LogP contribution is 2.21. The molecule has 102 valence electrons. The number of ether oxygens (including phenoxy) is 1. The van der Waals surface area contributed by atoms with Crippen LogP contribution in [0.15, 0.2) is 22.8 Å². The summed E-state index contributed by atoms with van der Waals surface area (Å²) in [7, 11) is 1.89. The predicted molar refractivity (Wildman–Crippen MR) is 75.1 cm³/mol. The lowest BCUT2D eigenvalue weighted by molar-refractivity contribution is 0.0514. The van der Waals surface area contributed by atoms with Crippen molar-refractivity contribution >= 4 is 21.9 Å². The summed E-state index contributed by atoms with van der Waals surface area (Å²) in [6, 6.07) is 3.60. The molecule has 0 unspecified atom stereocenters. The smallest absolute Gasteiger partial charge is 0.354 e. The molecule has 0 fully saturated rings. The van der Waals surface area contributed by atoms with Gasteiger partial charge in [0.15, 0.2) is 0 Å². The minimum Gasteiger partial charge on any atom is -0.461 e. The van der Waals surface area contributed by atoms with E-state index < -0.39 is 0 Å². The van der Waals surface area contributed by atoms with E-state index in [-0.39, 0.29) is 5.97 Å². The third kappa shape index (κ3) is 2.73. The van der Waals surface area contributed by atoms with Crippen molar-refractivity contribution < 1.29 is 9.53 Å². The van der Waals surface area contributed by atoms with Crippen LogP contribution in [-0.2, 0) is 18.3 Å². The normalized spacial score (nSPS) is 10.7. The van der Waals surface area contributed by atoms with Crippen LogP contribution < -0.4 is 0 Å². The largest absolute Gasteiger partial charge is 0.461 e. The number of carbonyl (C=O) groups is 1. The number of hydrogen-bond acceptors (Lipinski definition) is 3. The molecule has 6 heteroatoms. The van der Waals surface area contributed by atoms with Crippen LogP contribution in [0.25, 0.3) is 0 Å². The molecule has 0 radical (unpaired) electrons. The van der Waals surface area contributed by atoms with E-state index in [9.17, 15) is 4.79 Å². The fourth-order valence-corrected chi connectivity index (χ4v) is 2.42. The molecule has 0 aliphatic heterocycles. The highest BCUT2D eigenvalue weighted by molar-refractivity contribution is 9.10. The van der Waals surface area contributed by atoms with Crippen molar-refractivity contribution in [2.45, 2.75) is 20.4 Å². The van der Waals surface area contributed by atoms with Crippen LogP contribution in [0.4, 0.5) is 0 Å². The Morgan fingerprint density at radius 2 is 2.26 bits per heavy atom. The summed E-state index contributed by atoms with van der Waals surface area (Å²) in [4.78, 5) is 11.8. The van der Waals surface area contributed by atoms with Gasteiger partial charge in [0, 0.05) is 13.2 Å². The predicted octanol–water partition coefficient (Wildman–Crippen LogP) is 2.52. The van der Waals surface area contributed by atoms with E-state index in [4.69, 9.17) is 4.74 Å². The van der Waals surface area contributed by atoms with E-state index in [1.165, 1.54) is 0 Å². The van der Waals surface area contributed by atoms with E-state index >= 15 is 0 Å². The van der Waals surface area contributed by atoms with Crippen LogP contribution >= 0.6 is 15.9 Å². The highest BCUT2D eigenvalue weighted by Gasteiger charge is 2.16. The van der Waals surface area contributed by atoms with Crippen molar-refractivity contribution in [3.05, 3.63) is 39.9 Å². The van der Waals surface area contributed by atoms with Gasteiger partial charge < -0.3 is 9.30 Å². The van der Waals surface area contributed by atoms with E-state index in [0.717, 1.165) is 15.9 Å². The summed E-state index contributed by atoms with van der Waals surface area (Å²) in [5, 5.41) is 4.34. The Morgan fingerprint density at radius 3 is 2.84 bits per heavy atom. The summed E-state index contributed by atoms with van der Waals surface area (Å²) in [6.07, 6.45) is 1.86. The molecule has 2 aromatic heterocycles. The quantitative estimate of drug-likeness (QED) is 0.811. The van der Waals surface area contributed by atoms with E-state index in [1.54, 1.807) is 13.0 Å². The van der Waals surface area contributed by atoms with Crippen molar-refractivity contribution in [2.24, 2.45) is 7.05 Å². The Balaban J connectivity index is 2.29. The van der Waals surface area contributed by atoms with Gasteiger partial charge >= 0.3 is 5.97 Å². The minimum absolute atomic E-state index is 0.303. The molecule has 0 spiro atoms. The summed E-state index contributed by atoms with van der Waals surface area (Å²) in [5.41, 5.74) is 2.49. The van der Waals surface area contributed by atoms with Gasteiger partial charge in [-0.2, -0.15) is 5.10 Å². The van der Waals surface area contributed by atoms with Gasteiger partial charge in [-0.15, -0.1) is 0 Å². The number of aromatic nitrogens is 3. The van der Waals surface area contributed by atoms with Crippen LogP contribution in [0.5, 0.6) is 0 Å². The summed E-state index contributed by atoms with van der Waals surface area (Å²) < 4.78 is 9.68. The number of hydrogen-bond donors (Lipinski definition) is 0. The summed E-state index contributed by atoms with van der Waals surface area (Å²) in [6.45, 7) is 4.68. The molecule has 5 nitrogen and oxygen atoms in total. The molecule has 0 saturated heterocycles. The molecule has 0 aliphatic carbocycles. The molecule has 2 aromatic rings. The third-order valence-electron chi connectivity index (χ3n) is 2.90. The number of halogens is 1. The molecule has 0 bridgehead atoms. The molecule has 0 aromatic carbocycles. The van der Waals surface area contributed by atoms with Crippen molar-refractivity contribution in [3.8, 4) is 0 Å². The van der Waals surface area contributed by atoms with E-state index in [0.29, 0.717) is 18.8 Å². The molecule has 0 amide bonds. The second kappa shape index (κ2) is 5.61. The topological polar surface area (TPSA) is 49.1 Å². The molecule has 2 heterocycles. The zero-order valence-electron chi connectivity index (χ0n) is 11.2. The average Bonchev–Trinajstić information content (AvgIpc) is 2.91. The standard InChI is InChI=1S/C13H16BrN3O2/c1-4-19-13(18)10-6-5-7-17(10)8-11-12(14)9(2)15-16(11)3/h5-7H,4,8H2,1-3H3. The Labute approximate surface area is 120 Å². The van der Waals surface area contributed by atoms with Gasteiger partial charge in [-0.25, -0.2) is 4.79 Å². The Kier molecular flexibility index (Phi) is 4.09. The van der Waals surface area contributed by atoms with Crippen LogP contribution in [-0.4, -0.2) is 26.9 Å². The second-order valence-corrected chi connectivity index (χ2v) is 5.00. The van der Waals surface area contributed by atoms with Crippen LogP contribution in [0, 0.1) is 6.92 Å². The van der Waals surface area contributed by atoms with E-state index in [2.05, 4.69) is 21.0 Å². The maximum absolute atomic E-state index is 11.8. The first-order chi connectivity index (χ1) is 9.04. The maximum Gasteiger partial charge on any atom is 0.354 e. The number of carbonyl (C=O) groups excluding carboxylic acids is 1. The molecule has 0 aliphatic rings. The van der Waals surface area contributed by atoms with Crippen molar-refractivity contribution in [1.29, 1.82) is 0 Å². The molecule has 19 heavy (non-hydrogen) atoms. The lowest BCUT2D eigenvalue weighted by Crippen LogP contribution is -2.14. The van der Waals surface area contributed by atoms with Gasteiger partial charge in [0.2, 0.25) is 0 Å². The van der Waals surface area contributed by atoms with Gasteiger partial charge in [-0.05, 0) is 41.9 Å². The monoisotopic (exact) mass is 325 g/mol. The molecule has 2 rings (SSSR count). The van der Waals surface area contributed by atoms with Crippen molar-refractivity contribution in [1.82, 2.24) is 14.3 Å². The van der Waals surface area contributed by atoms with Crippen LogP contribution in [0.2, 0.25) is 0 Å². The zero-order valence-corrected chi connectivity index (χ0v) is 12.8. The van der Waals surface area contributed by atoms with Crippen LogP contribution in [0.1, 0.15) is 28.8 Å². The number of nitrogens with zero attached hydrogens (tertiary/aromatic N) is 3. The van der Waals surface area contributed by atoms with Gasteiger partial charge in [0.1, 0.15) is 5.69 Å². The SMILES string of the molecule is CCOC(=O)c1cccn1Cc1c(Br)c(C)nn1C. The fourth-order valence-electron chi connectivity index (χ4n) is 1.96. The molecule has 0 atom stereocenters. The molecular weight excluding hydrogens is 310 g/mol. The lowest BCUT2D eigenvalue weighted by Gasteiger charge is -2.09. The highest BCUT2D eigenvalue weighted by atomic mass is 79.9. The number of aryl methyl sites for hydroxylation is 2. The van der Waals surface area contributed by atoms with Crippen molar-refractivity contribution in [2.75, 3.05) is 6.61 Å². The van der Waals surface area contributed by atoms with E-state index in [1.807, 2.05) is 35.5 Å². The first-order valence-corrected chi connectivity index (χ1v) is 6.84. The zero-order chi connectivity index (χ0) is 14.0. The van der Waals surface area contributed by atoms with Gasteiger partial charge in [-0.1, -0.05) is 0 Å². The number of rotatable bonds is 4. The Hall–Kier alpha value is -1.56. The Bertz CT molecular complexity index is 601. The first kappa shape index (κ1) is 13.9. The maximum atomic E-state index is 11.8. The van der Waals surface area contributed by atoms with Gasteiger partial charge in [0.05, 0.1) is 29.0 Å². The Morgan fingerprint density at radius 1 is 1.53 bits per heavy atom. The lowest BCUT2D eigenvalue weighted by atomic mass is 10.3. The molecule has 0 N–H and O–H groups in total.